The highest BCUT2D eigenvalue weighted by Crippen LogP contribution is 2.30. The van der Waals surface area contributed by atoms with Crippen LogP contribution in [-0.4, -0.2) is 40.8 Å². The fraction of sp³-hybridized carbons (Fsp3) is 0.208. The number of carbonyl (C=O) groups is 1. The SMILES string of the molecule is C.COCCNc1cc(Oc2ccc(F)c(F)c2)nn2c(-c3ccc(C(N)=O)c(C)c3)cnc12. The number of primary amides is 1. The maximum absolute atomic E-state index is 13.6. The maximum atomic E-state index is 13.6. The van der Waals surface area contributed by atoms with Gasteiger partial charge in [0.25, 0.3) is 0 Å². The van der Waals surface area contributed by atoms with Crippen LogP contribution in [0.3, 0.4) is 0 Å². The van der Waals surface area contributed by atoms with Gasteiger partial charge in [-0.2, -0.15) is 0 Å². The Morgan fingerprint density at radius 2 is 1.94 bits per heavy atom. The minimum absolute atomic E-state index is 0. The summed E-state index contributed by atoms with van der Waals surface area (Å²) >= 11 is 0. The molecule has 10 heteroatoms. The van der Waals surface area contributed by atoms with Gasteiger partial charge in [0.05, 0.1) is 24.2 Å². The van der Waals surface area contributed by atoms with E-state index in [0.29, 0.717) is 41.3 Å². The van der Waals surface area contributed by atoms with Gasteiger partial charge in [0, 0.05) is 36.9 Å². The van der Waals surface area contributed by atoms with Crippen molar-refractivity contribution in [2.24, 2.45) is 5.73 Å². The van der Waals surface area contributed by atoms with E-state index in [0.717, 1.165) is 17.7 Å². The molecular weight excluding hydrogens is 444 g/mol. The number of nitrogens with two attached hydrogens (primary N) is 1. The molecule has 0 aliphatic rings. The molecule has 0 radical (unpaired) electrons. The zero-order chi connectivity index (χ0) is 23.5. The van der Waals surface area contributed by atoms with Crippen LogP contribution in [0.5, 0.6) is 11.6 Å². The summed E-state index contributed by atoms with van der Waals surface area (Å²) in [6.45, 7) is 2.74. The van der Waals surface area contributed by atoms with Crippen molar-refractivity contribution in [2.45, 2.75) is 14.4 Å². The Morgan fingerprint density at radius 1 is 1.15 bits per heavy atom. The number of nitrogens with one attached hydrogen (secondary N) is 1. The number of hydrogen-bond acceptors (Lipinski definition) is 6. The third-order valence-corrected chi connectivity index (χ3v) is 4.97. The van der Waals surface area contributed by atoms with E-state index < -0.39 is 17.5 Å². The number of hydrogen-bond donors (Lipinski definition) is 2. The van der Waals surface area contributed by atoms with Crippen molar-refractivity contribution in [2.75, 3.05) is 25.6 Å². The van der Waals surface area contributed by atoms with E-state index in [-0.39, 0.29) is 19.1 Å². The summed E-state index contributed by atoms with van der Waals surface area (Å²) in [6.07, 6.45) is 1.64. The Labute approximate surface area is 195 Å². The lowest BCUT2D eigenvalue weighted by Gasteiger charge is -2.12. The Hall–Kier alpha value is -4.05. The summed E-state index contributed by atoms with van der Waals surface area (Å²) < 4.78 is 39.3. The number of rotatable bonds is 8. The van der Waals surface area contributed by atoms with Gasteiger partial charge in [-0.1, -0.05) is 13.5 Å². The number of carbonyl (C=O) groups excluding carboxylic acids is 1. The van der Waals surface area contributed by atoms with E-state index in [1.165, 1.54) is 6.07 Å². The molecule has 1 amide bonds. The second-order valence-electron chi connectivity index (χ2n) is 7.27. The first kappa shape index (κ1) is 24.6. The normalized spacial score (nSPS) is 10.7. The Balaban J connectivity index is 0.00000324. The number of imidazole rings is 1. The lowest BCUT2D eigenvalue weighted by molar-refractivity contribution is 0.0999. The monoisotopic (exact) mass is 469 g/mol. The molecule has 0 saturated heterocycles. The molecule has 34 heavy (non-hydrogen) atoms. The number of fused-ring (bicyclic) bond motifs is 1. The van der Waals surface area contributed by atoms with E-state index in [9.17, 15) is 13.6 Å². The molecule has 0 atom stereocenters. The Bertz CT molecular complexity index is 1340. The number of ether oxygens (including phenoxy) is 2. The molecule has 4 aromatic rings. The predicted octanol–water partition coefficient (Wildman–Crippen LogP) is 4.57. The smallest absolute Gasteiger partial charge is 0.248 e. The maximum Gasteiger partial charge on any atom is 0.248 e. The topological polar surface area (TPSA) is 104 Å². The van der Waals surface area contributed by atoms with Crippen molar-refractivity contribution < 1.29 is 23.0 Å². The number of nitrogens with zero attached hydrogens (tertiary/aromatic N) is 3. The highest BCUT2D eigenvalue weighted by Gasteiger charge is 2.16. The lowest BCUT2D eigenvalue weighted by Crippen LogP contribution is -2.12. The van der Waals surface area contributed by atoms with Crippen LogP contribution in [0.4, 0.5) is 14.5 Å². The van der Waals surface area contributed by atoms with Gasteiger partial charge in [-0.15, -0.1) is 5.10 Å². The van der Waals surface area contributed by atoms with E-state index in [2.05, 4.69) is 15.4 Å². The average Bonchev–Trinajstić information content (AvgIpc) is 3.20. The zero-order valence-corrected chi connectivity index (χ0v) is 17.9. The van der Waals surface area contributed by atoms with Gasteiger partial charge < -0.3 is 20.5 Å². The quantitative estimate of drug-likeness (QED) is 0.367. The third-order valence-electron chi connectivity index (χ3n) is 4.97. The summed E-state index contributed by atoms with van der Waals surface area (Å²) in [5.74, 6) is -2.29. The van der Waals surface area contributed by atoms with Crippen molar-refractivity contribution in [1.29, 1.82) is 0 Å². The number of benzene rings is 2. The van der Waals surface area contributed by atoms with Gasteiger partial charge in [-0.25, -0.2) is 18.3 Å². The summed E-state index contributed by atoms with van der Waals surface area (Å²) in [5, 5.41) is 7.70. The van der Waals surface area contributed by atoms with Crippen molar-refractivity contribution in [3.8, 4) is 22.9 Å². The van der Waals surface area contributed by atoms with Crippen LogP contribution in [-0.2, 0) is 4.74 Å². The highest BCUT2D eigenvalue weighted by atomic mass is 19.2. The minimum atomic E-state index is -1.03. The van der Waals surface area contributed by atoms with Crippen LogP contribution < -0.4 is 15.8 Å². The average molecular weight is 469 g/mol. The van der Waals surface area contributed by atoms with Gasteiger partial charge in [-0.3, -0.25) is 4.79 Å². The number of aryl methyl sites for hydroxylation is 1. The zero-order valence-electron chi connectivity index (χ0n) is 17.9. The van der Waals surface area contributed by atoms with E-state index in [1.54, 1.807) is 42.9 Å². The molecule has 3 N–H and O–H groups in total. The van der Waals surface area contributed by atoms with E-state index >= 15 is 0 Å². The van der Waals surface area contributed by atoms with Crippen molar-refractivity contribution in [1.82, 2.24) is 14.6 Å². The molecule has 0 aliphatic carbocycles. The predicted molar refractivity (Wildman–Crippen MR) is 125 cm³/mol. The molecule has 0 unspecified atom stereocenters. The molecule has 0 spiro atoms. The molecule has 2 heterocycles. The lowest BCUT2D eigenvalue weighted by atomic mass is 10.0. The largest absolute Gasteiger partial charge is 0.437 e. The molecule has 178 valence electrons. The molecule has 0 saturated carbocycles. The van der Waals surface area contributed by atoms with Gasteiger partial charge in [0.1, 0.15) is 5.75 Å². The van der Waals surface area contributed by atoms with Gasteiger partial charge in [0.15, 0.2) is 17.3 Å². The number of aromatic nitrogens is 3. The van der Waals surface area contributed by atoms with Gasteiger partial charge >= 0.3 is 0 Å². The van der Waals surface area contributed by atoms with Crippen molar-refractivity contribution in [3.63, 3.8) is 0 Å². The van der Waals surface area contributed by atoms with Crippen LogP contribution in [0.25, 0.3) is 16.9 Å². The number of anilines is 1. The second kappa shape index (κ2) is 10.3. The van der Waals surface area contributed by atoms with E-state index in [1.807, 2.05) is 6.07 Å². The molecule has 0 fully saturated rings. The molecule has 8 nitrogen and oxygen atoms in total. The van der Waals surface area contributed by atoms with Crippen LogP contribution >= 0.6 is 0 Å². The summed E-state index contributed by atoms with van der Waals surface area (Å²) in [5.41, 5.74) is 9.06. The molecular formula is C24H25F2N5O3. The van der Waals surface area contributed by atoms with Crippen LogP contribution in [0, 0.1) is 18.6 Å². The fourth-order valence-corrected chi connectivity index (χ4v) is 3.37. The summed E-state index contributed by atoms with van der Waals surface area (Å²) in [7, 11) is 1.59. The van der Waals surface area contributed by atoms with Gasteiger partial charge in [0.2, 0.25) is 11.8 Å². The van der Waals surface area contributed by atoms with Crippen LogP contribution in [0.2, 0.25) is 0 Å². The first-order valence-electron chi connectivity index (χ1n) is 10.0. The third kappa shape index (κ3) is 4.96. The van der Waals surface area contributed by atoms with Crippen molar-refractivity contribution in [3.05, 3.63) is 71.4 Å². The molecule has 2 aromatic carbocycles. The van der Waals surface area contributed by atoms with Gasteiger partial charge in [-0.05, 0) is 36.8 Å². The fourth-order valence-electron chi connectivity index (χ4n) is 3.37. The second-order valence-corrected chi connectivity index (χ2v) is 7.27. The number of halogens is 2. The summed E-state index contributed by atoms with van der Waals surface area (Å²) in [4.78, 5) is 16.0. The highest BCUT2D eigenvalue weighted by molar-refractivity contribution is 5.94. The Morgan fingerprint density at radius 3 is 2.62 bits per heavy atom. The van der Waals surface area contributed by atoms with Crippen molar-refractivity contribution >= 4 is 17.2 Å². The standard InChI is InChI=1S/C23H21F2N5O3.CH4/c1-13-9-14(3-5-16(13)22(26)31)20-12-28-23-19(27-7-8-32-2)11-21(29-30(20)23)33-15-4-6-17(24)18(25)10-15;/h3-6,9-12,27H,7-8H2,1-2H3,(H2,26,31);1H4. The molecule has 4 rings (SSSR count). The van der Waals surface area contributed by atoms with Crippen LogP contribution in [0.15, 0.2) is 48.7 Å². The summed E-state index contributed by atoms with van der Waals surface area (Å²) in [6, 6.07) is 10.1. The molecule has 0 bridgehead atoms. The minimum Gasteiger partial charge on any atom is -0.437 e. The first-order chi connectivity index (χ1) is 15.9. The Kier molecular flexibility index (Phi) is 7.42. The number of methoxy groups -OCH3 is 1. The first-order valence-corrected chi connectivity index (χ1v) is 10.0. The molecule has 0 aliphatic heterocycles. The number of amides is 1. The van der Waals surface area contributed by atoms with E-state index in [4.69, 9.17) is 15.2 Å². The molecule has 2 aromatic heterocycles. The van der Waals surface area contributed by atoms with Crippen LogP contribution in [0.1, 0.15) is 23.3 Å².